The van der Waals surface area contributed by atoms with Crippen molar-refractivity contribution in [1.82, 2.24) is 0 Å². The summed E-state index contributed by atoms with van der Waals surface area (Å²) in [6, 6.07) is 8.35. The Kier molecular flexibility index (Phi) is 6.50. The summed E-state index contributed by atoms with van der Waals surface area (Å²) >= 11 is 0. The molecule has 1 rings (SSSR count). The molecule has 0 saturated carbocycles. The summed E-state index contributed by atoms with van der Waals surface area (Å²) < 4.78 is 21.7. The molecule has 1 radical (unpaired) electrons. The minimum Gasteiger partial charge on any atom is -0.358 e. The van der Waals surface area contributed by atoms with Gasteiger partial charge in [-0.2, -0.15) is 0 Å². The Bertz CT molecular complexity index is 305. The Morgan fingerprint density at radius 3 is 1.75 bits per heavy atom. The van der Waals surface area contributed by atoms with Crippen LogP contribution in [0.5, 0.6) is 0 Å². The van der Waals surface area contributed by atoms with E-state index < -0.39 is 9.84 Å². The van der Waals surface area contributed by atoms with Gasteiger partial charge < -0.3 is 7.43 Å². The maximum Gasteiger partial charge on any atom is 0.175 e. The molecule has 12 heavy (non-hydrogen) atoms. The first-order valence-corrected chi connectivity index (χ1v) is 4.75. The topological polar surface area (TPSA) is 34.1 Å². The van der Waals surface area contributed by atoms with E-state index in [2.05, 4.69) is 0 Å². The third-order valence-corrected chi connectivity index (χ3v) is 2.30. The zero-order chi connectivity index (χ0) is 7.61. The molecule has 4 heteroatoms. The van der Waals surface area contributed by atoms with Gasteiger partial charge in [0, 0.05) is 25.7 Å². The number of hydrogen-bond donors (Lipinski definition) is 0. The average Bonchev–Trinajstić information content (AvgIpc) is 1.88. The first-order chi connectivity index (χ1) is 4.61. The van der Waals surface area contributed by atoms with Gasteiger partial charge in [-0.1, -0.05) is 18.2 Å². The van der Waals surface area contributed by atoms with Crippen LogP contribution in [0.3, 0.4) is 0 Å². The van der Waals surface area contributed by atoms with Crippen molar-refractivity contribution in [2.75, 3.05) is 6.26 Å². The predicted octanol–water partition coefficient (Wildman–Crippen LogP) is 1.54. The molecule has 0 bridgehead atoms. The molecular formula is C8H11O2RhS-. The van der Waals surface area contributed by atoms with E-state index in [1.54, 1.807) is 30.3 Å². The molecule has 0 aromatic heterocycles. The van der Waals surface area contributed by atoms with Crippen LogP contribution in [0.2, 0.25) is 0 Å². The molecule has 0 spiro atoms. The van der Waals surface area contributed by atoms with Crippen LogP contribution in [0.15, 0.2) is 35.2 Å². The Morgan fingerprint density at radius 2 is 1.50 bits per heavy atom. The molecule has 1 aromatic carbocycles. The molecule has 0 heterocycles. The Labute approximate surface area is 86.7 Å². The second kappa shape index (κ2) is 5.44. The van der Waals surface area contributed by atoms with Gasteiger partial charge in [-0.05, 0) is 12.1 Å². The van der Waals surface area contributed by atoms with Gasteiger partial charge in [-0.15, -0.1) is 0 Å². The molecule has 0 saturated heterocycles. The fourth-order valence-electron chi connectivity index (χ4n) is 0.668. The predicted molar refractivity (Wildman–Crippen MR) is 46.0 cm³/mol. The summed E-state index contributed by atoms with van der Waals surface area (Å²) in [6.45, 7) is 0. The molecular weight excluding hydrogens is 263 g/mol. The number of sulfone groups is 1. The molecule has 2 nitrogen and oxygen atoms in total. The first kappa shape index (κ1) is 14.3. The molecule has 0 atom stereocenters. The Morgan fingerprint density at radius 1 is 1.08 bits per heavy atom. The van der Waals surface area contributed by atoms with E-state index in [1.165, 1.54) is 6.26 Å². The van der Waals surface area contributed by atoms with Crippen LogP contribution in [0.4, 0.5) is 0 Å². The van der Waals surface area contributed by atoms with Crippen LogP contribution in [0.25, 0.3) is 0 Å². The van der Waals surface area contributed by atoms with E-state index in [1.807, 2.05) is 0 Å². The van der Waals surface area contributed by atoms with Gasteiger partial charge in [-0.25, -0.2) is 8.42 Å². The van der Waals surface area contributed by atoms with Crippen LogP contribution >= 0.6 is 0 Å². The van der Waals surface area contributed by atoms with E-state index >= 15 is 0 Å². The van der Waals surface area contributed by atoms with Crippen molar-refractivity contribution in [3.8, 4) is 0 Å². The fourth-order valence-corrected chi connectivity index (χ4v) is 1.32. The van der Waals surface area contributed by atoms with Crippen LogP contribution in [-0.2, 0) is 29.3 Å². The standard InChI is InChI=1S/C7H8O2S.CH3.Rh/c1-10(8,9)7-5-3-2-4-6-7;;/h2-6H,1H3;1H3;/q;-1;. The summed E-state index contributed by atoms with van der Waals surface area (Å²) in [6.07, 6.45) is 1.20. The first-order valence-electron chi connectivity index (χ1n) is 2.86. The van der Waals surface area contributed by atoms with Crippen molar-refractivity contribution in [2.45, 2.75) is 4.90 Å². The van der Waals surface area contributed by atoms with Crippen LogP contribution in [-0.4, -0.2) is 14.7 Å². The molecule has 0 fully saturated rings. The largest absolute Gasteiger partial charge is 0.358 e. The second-order valence-corrected chi connectivity index (χ2v) is 4.10. The van der Waals surface area contributed by atoms with Gasteiger partial charge in [0.2, 0.25) is 0 Å². The summed E-state index contributed by atoms with van der Waals surface area (Å²) in [5.41, 5.74) is 0. The minimum atomic E-state index is -3.00. The molecule has 1 aromatic rings. The normalized spacial score (nSPS) is 9.42. The average molecular weight is 274 g/mol. The van der Waals surface area contributed by atoms with Crippen molar-refractivity contribution >= 4 is 9.84 Å². The van der Waals surface area contributed by atoms with E-state index in [9.17, 15) is 8.42 Å². The molecule has 0 amide bonds. The van der Waals surface area contributed by atoms with Crippen molar-refractivity contribution in [3.05, 3.63) is 37.8 Å². The van der Waals surface area contributed by atoms with E-state index in [-0.39, 0.29) is 26.9 Å². The van der Waals surface area contributed by atoms with Crippen LogP contribution < -0.4 is 0 Å². The number of rotatable bonds is 1. The van der Waals surface area contributed by atoms with Gasteiger partial charge in [0.1, 0.15) is 0 Å². The number of benzene rings is 1. The maximum atomic E-state index is 10.8. The molecule has 0 unspecified atom stereocenters. The monoisotopic (exact) mass is 274 g/mol. The molecule has 71 valence electrons. The summed E-state index contributed by atoms with van der Waals surface area (Å²) in [5, 5.41) is 0. The minimum absolute atomic E-state index is 0. The van der Waals surface area contributed by atoms with Gasteiger partial charge in [-0.3, -0.25) is 0 Å². The molecule has 0 aliphatic carbocycles. The second-order valence-electron chi connectivity index (χ2n) is 2.09. The Hall–Kier alpha value is -0.207. The third-order valence-electron chi connectivity index (χ3n) is 1.17. The van der Waals surface area contributed by atoms with Crippen molar-refractivity contribution in [3.63, 3.8) is 0 Å². The fraction of sp³-hybridized carbons (Fsp3) is 0.125. The SMILES string of the molecule is CS(=O)(=O)c1ccccc1.[CH3-].[Rh]. The van der Waals surface area contributed by atoms with Gasteiger partial charge >= 0.3 is 0 Å². The van der Waals surface area contributed by atoms with E-state index in [0.29, 0.717) is 4.90 Å². The Balaban J connectivity index is 0. The quantitative estimate of drug-likeness (QED) is 0.575. The van der Waals surface area contributed by atoms with E-state index in [0.717, 1.165) is 0 Å². The zero-order valence-electron chi connectivity index (χ0n) is 6.94. The van der Waals surface area contributed by atoms with Crippen molar-refractivity contribution in [1.29, 1.82) is 0 Å². The van der Waals surface area contributed by atoms with E-state index in [4.69, 9.17) is 0 Å². The van der Waals surface area contributed by atoms with Crippen molar-refractivity contribution in [2.24, 2.45) is 0 Å². The van der Waals surface area contributed by atoms with Crippen LogP contribution in [0, 0.1) is 7.43 Å². The summed E-state index contributed by atoms with van der Waals surface area (Å²) in [5.74, 6) is 0. The third kappa shape index (κ3) is 3.98. The van der Waals surface area contributed by atoms with Gasteiger partial charge in [0.25, 0.3) is 0 Å². The van der Waals surface area contributed by atoms with Crippen LogP contribution in [0.1, 0.15) is 0 Å². The van der Waals surface area contributed by atoms with Gasteiger partial charge in [0.05, 0.1) is 4.90 Å². The molecule has 0 aliphatic rings. The smallest absolute Gasteiger partial charge is 0.175 e. The summed E-state index contributed by atoms with van der Waals surface area (Å²) in [7, 11) is -3.00. The van der Waals surface area contributed by atoms with Gasteiger partial charge in [0.15, 0.2) is 9.84 Å². The van der Waals surface area contributed by atoms with Crippen molar-refractivity contribution < 1.29 is 27.9 Å². The maximum absolute atomic E-state index is 10.8. The molecule has 0 N–H and O–H groups in total. The molecule has 0 aliphatic heterocycles. The zero-order valence-corrected chi connectivity index (χ0v) is 9.40. The summed E-state index contributed by atoms with van der Waals surface area (Å²) in [4.78, 5) is 0.370. The number of hydrogen-bond acceptors (Lipinski definition) is 2.